The Labute approximate surface area is 266 Å². The first kappa shape index (κ1) is 31.3. The van der Waals surface area contributed by atoms with Crippen LogP contribution in [0, 0.1) is 28.6 Å². The van der Waals surface area contributed by atoms with Gasteiger partial charge in [0.05, 0.1) is 6.42 Å². The lowest BCUT2D eigenvalue weighted by molar-refractivity contribution is -0.155. The van der Waals surface area contributed by atoms with Gasteiger partial charge in [0.1, 0.15) is 12.1 Å². The number of carboxylic acid groups (broad SMARTS) is 1. The summed E-state index contributed by atoms with van der Waals surface area (Å²) >= 11 is 0. The van der Waals surface area contributed by atoms with Crippen LogP contribution in [0.2, 0.25) is 0 Å². The van der Waals surface area contributed by atoms with Crippen molar-refractivity contribution >= 4 is 23.4 Å². The number of esters is 1. The summed E-state index contributed by atoms with van der Waals surface area (Å²) in [6, 6.07) is 12.4. The average molecular weight is 611 g/mol. The number of carboxylic acids is 1. The summed E-state index contributed by atoms with van der Waals surface area (Å²) in [7, 11) is 0. The highest BCUT2D eigenvalue weighted by molar-refractivity contribution is 5.83. The van der Waals surface area contributed by atoms with Gasteiger partial charge in [-0.2, -0.15) is 0 Å². The normalized spacial score (nSPS) is 30.9. The molecule has 2 fully saturated rings. The fourth-order valence-corrected chi connectivity index (χ4v) is 9.42. The summed E-state index contributed by atoms with van der Waals surface area (Å²) in [4.78, 5) is 43.3. The van der Waals surface area contributed by atoms with Gasteiger partial charge in [0.25, 0.3) is 0 Å². The first-order chi connectivity index (χ1) is 21.6. The first-order valence-corrected chi connectivity index (χ1v) is 16.6. The van der Waals surface area contributed by atoms with Crippen LogP contribution in [-0.2, 0) is 25.5 Å². The fraction of sp³-hybridized carbons (Fsp3) is 0.526. The Morgan fingerprint density at radius 1 is 1.00 bits per heavy atom. The van der Waals surface area contributed by atoms with Crippen LogP contribution in [0.25, 0.3) is 5.57 Å². The van der Waals surface area contributed by atoms with E-state index >= 15 is 0 Å². The molecule has 4 aliphatic rings. The molecular weight excluding hydrogens is 564 g/mol. The van der Waals surface area contributed by atoms with E-state index in [0.29, 0.717) is 17.8 Å². The van der Waals surface area contributed by atoms with Gasteiger partial charge >= 0.3 is 11.9 Å². The predicted molar refractivity (Wildman–Crippen MR) is 173 cm³/mol. The lowest BCUT2D eigenvalue weighted by atomic mass is 9.47. The number of hydrogen-bond acceptors (Lipinski definition) is 5. The highest BCUT2D eigenvalue weighted by Gasteiger charge is 2.57. The van der Waals surface area contributed by atoms with Crippen molar-refractivity contribution in [1.29, 1.82) is 0 Å². The summed E-state index contributed by atoms with van der Waals surface area (Å²) in [5.74, 6) is 0.100. The van der Waals surface area contributed by atoms with E-state index in [1.807, 2.05) is 48.8 Å². The van der Waals surface area contributed by atoms with E-state index in [9.17, 15) is 19.5 Å². The Kier molecular flexibility index (Phi) is 8.73. The van der Waals surface area contributed by atoms with Crippen molar-refractivity contribution in [3.63, 3.8) is 0 Å². The van der Waals surface area contributed by atoms with Crippen LogP contribution in [0.5, 0.6) is 0 Å². The van der Waals surface area contributed by atoms with E-state index in [1.54, 1.807) is 0 Å². The van der Waals surface area contributed by atoms with Crippen molar-refractivity contribution in [1.82, 2.24) is 9.88 Å². The Bertz CT molecular complexity index is 1490. The van der Waals surface area contributed by atoms with E-state index in [-0.39, 0.29) is 48.2 Å². The second-order valence-electron chi connectivity index (χ2n) is 14.2. The number of carbonyl (C=O) groups is 3. The second kappa shape index (κ2) is 12.6. The zero-order valence-corrected chi connectivity index (χ0v) is 26.8. The molecule has 7 heteroatoms. The molecule has 1 amide bonds. The summed E-state index contributed by atoms with van der Waals surface area (Å²) < 4.78 is 5.98. The number of amides is 1. The third-order valence-corrected chi connectivity index (χ3v) is 11.8. The van der Waals surface area contributed by atoms with Crippen LogP contribution in [0.1, 0.15) is 83.3 Å². The minimum atomic E-state index is -1.08. The third kappa shape index (κ3) is 5.98. The minimum Gasteiger partial charge on any atom is -0.480 e. The number of allylic oxidation sites excluding steroid dienone is 3. The van der Waals surface area contributed by atoms with Crippen molar-refractivity contribution in [2.75, 3.05) is 6.54 Å². The van der Waals surface area contributed by atoms with Gasteiger partial charge in [0, 0.05) is 38.7 Å². The van der Waals surface area contributed by atoms with Crippen LogP contribution >= 0.6 is 0 Å². The van der Waals surface area contributed by atoms with Crippen LogP contribution in [0.15, 0.2) is 72.6 Å². The fourth-order valence-electron chi connectivity index (χ4n) is 9.42. The van der Waals surface area contributed by atoms with Gasteiger partial charge in [-0.1, -0.05) is 68.0 Å². The van der Waals surface area contributed by atoms with Gasteiger partial charge in [-0.15, -0.1) is 0 Å². The molecule has 6 rings (SSSR count). The molecule has 0 bridgehead atoms. The molecule has 0 aliphatic heterocycles. The molecule has 1 N–H and O–H groups in total. The Balaban J connectivity index is 1.07. The summed E-state index contributed by atoms with van der Waals surface area (Å²) in [6.45, 7) is 6.30. The molecule has 2 aromatic rings. The Hall–Kier alpha value is -3.74. The van der Waals surface area contributed by atoms with Gasteiger partial charge in [-0.3, -0.25) is 14.6 Å². The van der Waals surface area contributed by atoms with Crippen LogP contribution in [-0.4, -0.2) is 51.5 Å². The van der Waals surface area contributed by atoms with Crippen LogP contribution in [0.3, 0.4) is 0 Å². The van der Waals surface area contributed by atoms with Crippen LogP contribution in [0.4, 0.5) is 0 Å². The maximum atomic E-state index is 13.0. The molecule has 0 unspecified atom stereocenters. The molecule has 0 spiro atoms. The number of hydrogen-bond donors (Lipinski definition) is 1. The van der Waals surface area contributed by atoms with E-state index in [0.717, 1.165) is 37.7 Å². The van der Waals surface area contributed by atoms with E-state index < -0.39 is 12.0 Å². The summed E-state index contributed by atoms with van der Waals surface area (Å²) in [5.41, 5.74) is 5.33. The predicted octanol–water partition coefficient (Wildman–Crippen LogP) is 6.88. The summed E-state index contributed by atoms with van der Waals surface area (Å²) in [6.07, 6.45) is 16.0. The molecule has 7 nitrogen and oxygen atoms in total. The van der Waals surface area contributed by atoms with Gasteiger partial charge in [-0.05, 0) is 89.9 Å². The maximum Gasteiger partial charge on any atom is 0.326 e. The number of benzene rings is 1. The van der Waals surface area contributed by atoms with Gasteiger partial charge in [0.15, 0.2) is 0 Å². The second-order valence-corrected chi connectivity index (χ2v) is 14.2. The molecule has 0 radical (unpaired) electrons. The van der Waals surface area contributed by atoms with Gasteiger partial charge < -0.3 is 14.7 Å². The molecule has 7 atom stereocenters. The topological polar surface area (TPSA) is 96.8 Å². The lowest BCUT2D eigenvalue weighted by Crippen LogP contribution is -2.50. The summed E-state index contributed by atoms with van der Waals surface area (Å²) in [5, 5.41) is 9.90. The zero-order chi connectivity index (χ0) is 31.8. The van der Waals surface area contributed by atoms with Crippen molar-refractivity contribution in [3.05, 3.63) is 83.7 Å². The van der Waals surface area contributed by atoms with Crippen molar-refractivity contribution < 1.29 is 24.2 Å². The lowest BCUT2D eigenvalue weighted by Gasteiger charge is -2.57. The first-order valence-electron chi connectivity index (χ1n) is 16.6. The Morgan fingerprint density at radius 3 is 2.49 bits per heavy atom. The number of nitrogens with zero attached hydrogens (tertiary/aromatic N) is 2. The third-order valence-electron chi connectivity index (χ3n) is 11.8. The standard InChI is InChI=1S/C38H46N2O5/c1-25(41)40(34(36(43)44)22-26-8-5-4-6-9-26)21-17-35(42)45-29-15-18-37(2)28(23-29)11-12-30-32-14-13-31(27-10-7-20-39-24-27)38(32,3)19-16-33(30)37/h4-11,13,20,24,29-30,32-34H,12,14-19,21-23H2,1-3H3,(H,43,44)/t29-,30-,32-,33-,34-,37-,38+/m0/s1. The number of aromatic nitrogens is 1. The molecule has 238 valence electrons. The number of carbonyl (C=O) groups excluding carboxylic acids is 2. The van der Waals surface area contributed by atoms with Crippen molar-refractivity contribution in [2.24, 2.45) is 28.6 Å². The molecule has 1 aromatic carbocycles. The SMILES string of the molecule is CC(=O)N(CCC(=O)O[C@H]1CC[C@@]2(C)C(=CC[C@@H]3[C@@H]2CC[C@]2(C)C(c4cccnc4)=CC[C@@H]32)C1)[C@@H](Cc1ccccc1)C(=O)O. The number of pyridine rings is 1. The smallest absolute Gasteiger partial charge is 0.326 e. The molecule has 1 aromatic heterocycles. The maximum absolute atomic E-state index is 13.0. The van der Waals surface area contributed by atoms with Crippen LogP contribution < -0.4 is 0 Å². The van der Waals surface area contributed by atoms with Gasteiger partial charge in [0.2, 0.25) is 5.91 Å². The number of ether oxygens (including phenoxy) is 1. The molecule has 2 saturated carbocycles. The van der Waals surface area contributed by atoms with E-state index in [4.69, 9.17) is 4.74 Å². The average Bonchev–Trinajstić information content (AvgIpc) is 3.38. The molecule has 4 aliphatic carbocycles. The highest BCUT2D eigenvalue weighted by Crippen LogP contribution is 2.66. The molecule has 1 heterocycles. The molecular formula is C38H46N2O5. The highest BCUT2D eigenvalue weighted by atomic mass is 16.5. The van der Waals surface area contributed by atoms with E-state index in [2.05, 4.69) is 37.0 Å². The largest absolute Gasteiger partial charge is 0.480 e. The van der Waals surface area contributed by atoms with Crippen molar-refractivity contribution in [3.8, 4) is 0 Å². The molecule has 45 heavy (non-hydrogen) atoms. The Morgan fingerprint density at radius 2 is 1.78 bits per heavy atom. The number of fused-ring (bicyclic) bond motifs is 5. The molecule has 0 saturated heterocycles. The number of rotatable bonds is 9. The van der Waals surface area contributed by atoms with Crippen molar-refractivity contribution in [2.45, 2.75) is 90.7 Å². The van der Waals surface area contributed by atoms with Gasteiger partial charge in [-0.25, -0.2) is 4.79 Å². The zero-order valence-electron chi connectivity index (χ0n) is 26.8. The minimum absolute atomic E-state index is 0.0179. The monoisotopic (exact) mass is 610 g/mol. The van der Waals surface area contributed by atoms with E-state index in [1.165, 1.54) is 41.4 Å². The quantitative estimate of drug-likeness (QED) is 0.246. The number of aliphatic carboxylic acids is 1.